The molecular weight excluding hydrogens is 396 g/mol. The summed E-state index contributed by atoms with van der Waals surface area (Å²) in [6.45, 7) is 5.18. The van der Waals surface area contributed by atoms with Gasteiger partial charge in [0.2, 0.25) is 0 Å². The predicted octanol–water partition coefficient (Wildman–Crippen LogP) is 4.42. The Morgan fingerprint density at radius 2 is 1.67 bits per heavy atom. The lowest BCUT2D eigenvalue weighted by Gasteiger charge is -2.24. The maximum Gasteiger partial charge on any atom is 0.277 e. The van der Waals surface area contributed by atoms with Crippen LogP contribution in [-0.4, -0.2) is 15.0 Å². The van der Waals surface area contributed by atoms with Gasteiger partial charge < -0.3 is 4.74 Å². The summed E-state index contributed by atoms with van der Waals surface area (Å²) < 4.78 is 34.5. The van der Waals surface area contributed by atoms with Crippen LogP contribution in [0.5, 0.6) is 5.75 Å². The van der Waals surface area contributed by atoms with E-state index in [0.717, 1.165) is 16.9 Å². The summed E-state index contributed by atoms with van der Waals surface area (Å²) in [5, 5.41) is 0. The van der Waals surface area contributed by atoms with E-state index in [2.05, 4.69) is 65.8 Å². The normalized spacial score (nSPS) is 18.1. The van der Waals surface area contributed by atoms with E-state index >= 15 is 0 Å². The van der Waals surface area contributed by atoms with Crippen LogP contribution in [0.3, 0.4) is 0 Å². The minimum Gasteiger partial charge on any atom is -0.489 e. The second-order valence-corrected chi connectivity index (χ2v) is 9.21. The fourth-order valence-corrected chi connectivity index (χ4v) is 5.01. The largest absolute Gasteiger partial charge is 0.489 e. The molecule has 156 valence electrons. The molecule has 0 aromatic heterocycles. The molecule has 1 aliphatic heterocycles. The van der Waals surface area contributed by atoms with Crippen molar-refractivity contribution >= 4 is 10.2 Å². The van der Waals surface area contributed by atoms with Crippen molar-refractivity contribution in [3.8, 4) is 16.9 Å². The topological polar surface area (TPSA) is 67.4 Å². The summed E-state index contributed by atoms with van der Waals surface area (Å²) in [6.07, 6.45) is 0.713. The molecule has 1 atom stereocenters. The molecule has 1 heterocycles. The van der Waals surface area contributed by atoms with Crippen molar-refractivity contribution in [3.63, 3.8) is 0 Å². The summed E-state index contributed by atoms with van der Waals surface area (Å²) in [4.78, 5) is 0. The second kappa shape index (κ2) is 8.60. The van der Waals surface area contributed by atoms with Gasteiger partial charge in [-0.1, -0.05) is 48.5 Å². The Morgan fingerprint density at radius 1 is 0.967 bits per heavy atom. The third kappa shape index (κ3) is 4.73. The van der Waals surface area contributed by atoms with Gasteiger partial charge in [0, 0.05) is 12.6 Å². The minimum atomic E-state index is -3.40. The van der Waals surface area contributed by atoms with Crippen molar-refractivity contribution in [1.82, 2.24) is 9.44 Å². The minimum absolute atomic E-state index is 0.209. The predicted molar refractivity (Wildman–Crippen MR) is 120 cm³/mol. The number of nitrogens with one attached hydrogen (secondary N) is 2. The summed E-state index contributed by atoms with van der Waals surface area (Å²) in [7, 11) is -3.40. The Hall–Kier alpha value is -2.67. The number of aryl methyl sites for hydroxylation is 2. The van der Waals surface area contributed by atoms with Crippen molar-refractivity contribution in [2.45, 2.75) is 32.9 Å². The number of benzene rings is 3. The van der Waals surface area contributed by atoms with Crippen molar-refractivity contribution in [1.29, 1.82) is 0 Å². The molecule has 30 heavy (non-hydrogen) atoms. The first-order valence-electron chi connectivity index (χ1n) is 10.1. The summed E-state index contributed by atoms with van der Waals surface area (Å²) >= 11 is 0. The summed E-state index contributed by atoms with van der Waals surface area (Å²) in [5.41, 5.74) is 7.03. The van der Waals surface area contributed by atoms with Crippen LogP contribution in [-0.2, 0) is 16.8 Å². The Balaban J connectivity index is 1.44. The molecule has 1 saturated heterocycles. The van der Waals surface area contributed by atoms with E-state index in [9.17, 15) is 8.42 Å². The lowest BCUT2D eigenvalue weighted by molar-refractivity contribution is 0.306. The number of rotatable bonds is 5. The Morgan fingerprint density at radius 3 is 2.37 bits per heavy atom. The van der Waals surface area contributed by atoms with Crippen LogP contribution in [0, 0.1) is 13.8 Å². The zero-order valence-corrected chi connectivity index (χ0v) is 18.0. The highest BCUT2D eigenvalue weighted by molar-refractivity contribution is 7.87. The molecule has 4 rings (SSSR count). The third-order valence-corrected chi connectivity index (χ3v) is 6.59. The third-order valence-electron chi connectivity index (χ3n) is 5.41. The van der Waals surface area contributed by atoms with Crippen LogP contribution in [0.4, 0.5) is 0 Å². The lowest BCUT2D eigenvalue weighted by atomic mass is 9.95. The van der Waals surface area contributed by atoms with E-state index < -0.39 is 10.2 Å². The highest BCUT2D eigenvalue weighted by Crippen LogP contribution is 2.28. The van der Waals surface area contributed by atoms with Gasteiger partial charge in [-0.2, -0.15) is 13.1 Å². The van der Waals surface area contributed by atoms with Crippen LogP contribution in [0.2, 0.25) is 0 Å². The molecule has 0 amide bonds. The van der Waals surface area contributed by atoms with E-state index in [-0.39, 0.29) is 6.04 Å². The average molecular weight is 423 g/mol. The van der Waals surface area contributed by atoms with Crippen LogP contribution in [0.25, 0.3) is 11.1 Å². The molecule has 0 aliphatic carbocycles. The van der Waals surface area contributed by atoms with E-state index in [4.69, 9.17) is 4.74 Å². The Kier molecular flexibility index (Phi) is 5.90. The molecule has 1 aliphatic rings. The van der Waals surface area contributed by atoms with Gasteiger partial charge in [-0.3, -0.25) is 0 Å². The number of ether oxygens (including phenoxy) is 1. The quantitative estimate of drug-likeness (QED) is 0.640. The molecule has 6 heteroatoms. The SMILES string of the molecule is Cc1cccc(C)c1-c1cccc(COc2ccc(C3CCNS(=O)(=O)N3)cc2)c1. The highest BCUT2D eigenvalue weighted by Gasteiger charge is 2.24. The first-order valence-corrected chi connectivity index (χ1v) is 11.5. The van der Waals surface area contributed by atoms with Crippen molar-refractivity contribution in [2.75, 3.05) is 6.54 Å². The molecule has 3 aromatic rings. The van der Waals surface area contributed by atoms with Gasteiger partial charge >= 0.3 is 0 Å². The van der Waals surface area contributed by atoms with Gasteiger partial charge in [-0.05, 0) is 71.8 Å². The molecule has 3 aromatic carbocycles. The molecule has 0 bridgehead atoms. The summed E-state index contributed by atoms with van der Waals surface area (Å²) in [6, 6.07) is 22.2. The molecule has 0 spiro atoms. The van der Waals surface area contributed by atoms with Gasteiger partial charge in [0.15, 0.2) is 0 Å². The fourth-order valence-electron chi connectivity index (χ4n) is 3.91. The van der Waals surface area contributed by atoms with Gasteiger partial charge in [0.25, 0.3) is 10.2 Å². The van der Waals surface area contributed by atoms with Crippen LogP contribution < -0.4 is 14.2 Å². The maximum atomic E-state index is 11.7. The first kappa shape index (κ1) is 20.6. The standard InChI is InChI=1S/C24H26N2O3S/c1-17-5-3-6-18(2)24(17)21-8-4-7-19(15-21)16-29-22-11-9-20(10-12-22)23-13-14-25-30(27,28)26-23/h3-12,15,23,25-26H,13-14,16H2,1-2H3. The van der Waals surface area contributed by atoms with Crippen LogP contribution in [0.1, 0.15) is 34.7 Å². The molecular formula is C24H26N2O3S. The summed E-state index contributed by atoms with van der Waals surface area (Å²) in [5.74, 6) is 0.757. The highest BCUT2D eigenvalue weighted by atomic mass is 32.2. The van der Waals surface area contributed by atoms with Crippen molar-refractivity contribution < 1.29 is 13.2 Å². The molecule has 2 N–H and O–H groups in total. The lowest BCUT2D eigenvalue weighted by Crippen LogP contribution is -2.45. The van der Waals surface area contributed by atoms with Gasteiger partial charge in [0.1, 0.15) is 12.4 Å². The van der Waals surface area contributed by atoms with E-state index in [0.29, 0.717) is 19.6 Å². The average Bonchev–Trinajstić information content (AvgIpc) is 2.72. The van der Waals surface area contributed by atoms with Crippen molar-refractivity contribution in [2.24, 2.45) is 0 Å². The van der Waals surface area contributed by atoms with Crippen molar-refractivity contribution in [3.05, 3.63) is 89.0 Å². The molecule has 0 saturated carbocycles. The molecule has 1 fully saturated rings. The second-order valence-electron chi connectivity index (χ2n) is 7.68. The van der Waals surface area contributed by atoms with Crippen LogP contribution in [0.15, 0.2) is 66.7 Å². The first-order chi connectivity index (χ1) is 14.4. The van der Waals surface area contributed by atoms with Gasteiger partial charge in [-0.15, -0.1) is 0 Å². The Bertz CT molecular complexity index is 1120. The van der Waals surface area contributed by atoms with E-state index in [1.54, 1.807) is 0 Å². The monoisotopic (exact) mass is 422 g/mol. The number of hydrogen-bond acceptors (Lipinski definition) is 3. The van der Waals surface area contributed by atoms with Gasteiger partial charge in [0.05, 0.1) is 0 Å². The maximum absolute atomic E-state index is 11.7. The number of hydrogen-bond donors (Lipinski definition) is 2. The fraction of sp³-hybridized carbons (Fsp3) is 0.250. The van der Waals surface area contributed by atoms with E-state index in [1.807, 2.05) is 24.3 Å². The molecule has 1 unspecified atom stereocenters. The van der Waals surface area contributed by atoms with E-state index in [1.165, 1.54) is 22.3 Å². The zero-order valence-electron chi connectivity index (χ0n) is 17.2. The van der Waals surface area contributed by atoms with Gasteiger partial charge in [-0.25, -0.2) is 4.72 Å². The smallest absolute Gasteiger partial charge is 0.277 e. The molecule has 0 radical (unpaired) electrons. The zero-order chi connectivity index (χ0) is 21.1. The van der Waals surface area contributed by atoms with Crippen LogP contribution >= 0.6 is 0 Å². The Labute approximate surface area is 178 Å². The molecule has 5 nitrogen and oxygen atoms in total.